The quantitative estimate of drug-likeness (QED) is 0.652. The van der Waals surface area contributed by atoms with Crippen molar-refractivity contribution in [3.63, 3.8) is 0 Å². The Balaban J connectivity index is 2.15. The molecule has 1 aromatic carbocycles. The highest BCUT2D eigenvalue weighted by Crippen LogP contribution is 2.19. The Bertz CT molecular complexity index is 641. The zero-order chi connectivity index (χ0) is 15.2. The Kier molecular flexibility index (Phi) is 4.77. The summed E-state index contributed by atoms with van der Waals surface area (Å²) in [4.78, 5) is 16.0. The maximum absolute atomic E-state index is 11.6. The van der Waals surface area contributed by atoms with Gasteiger partial charge in [0.25, 0.3) is 0 Å². The molecule has 0 atom stereocenters. The number of anilines is 2. The summed E-state index contributed by atoms with van der Waals surface area (Å²) in [5, 5.41) is 3.26. The van der Waals surface area contributed by atoms with Crippen LogP contribution in [0.2, 0.25) is 0 Å². The second kappa shape index (κ2) is 6.74. The average molecular weight is 285 g/mol. The molecule has 0 aliphatic rings. The summed E-state index contributed by atoms with van der Waals surface area (Å²) in [5.41, 5.74) is 9.54. The van der Waals surface area contributed by atoms with Crippen molar-refractivity contribution in [1.29, 1.82) is 0 Å². The molecule has 1 aromatic heterocycles. The smallest absolute Gasteiger partial charge is 0.340 e. The average Bonchev–Trinajstić information content (AvgIpc) is 2.53. The summed E-state index contributed by atoms with van der Waals surface area (Å²) in [7, 11) is 1.34. The molecule has 0 radical (unpaired) electrons. The highest BCUT2D eigenvalue weighted by atomic mass is 16.5. The summed E-state index contributed by atoms with van der Waals surface area (Å²) in [6.45, 7) is 2.69. The first kappa shape index (κ1) is 14.8. The molecular formula is C16H19N3O2. The minimum absolute atomic E-state index is 0.360. The molecule has 3 N–H and O–H groups in total. The minimum atomic E-state index is -0.441. The largest absolute Gasteiger partial charge is 0.465 e. The molecule has 0 saturated heterocycles. The van der Waals surface area contributed by atoms with Gasteiger partial charge in [-0.3, -0.25) is 4.98 Å². The van der Waals surface area contributed by atoms with E-state index in [1.807, 2.05) is 12.1 Å². The molecule has 2 rings (SSSR count). The Morgan fingerprint density at radius 2 is 2.19 bits per heavy atom. The van der Waals surface area contributed by atoms with Crippen LogP contribution in [0.3, 0.4) is 0 Å². The molecule has 0 fully saturated rings. The van der Waals surface area contributed by atoms with Gasteiger partial charge in [0, 0.05) is 17.6 Å². The molecule has 1 heterocycles. The van der Waals surface area contributed by atoms with Crippen LogP contribution >= 0.6 is 0 Å². The first-order valence-electron chi connectivity index (χ1n) is 6.80. The van der Waals surface area contributed by atoms with E-state index in [0.29, 0.717) is 17.8 Å². The first-order chi connectivity index (χ1) is 10.2. The van der Waals surface area contributed by atoms with Crippen molar-refractivity contribution in [1.82, 2.24) is 4.98 Å². The number of aryl methyl sites for hydroxylation is 1. The van der Waals surface area contributed by atoms with Crippen molar-refractivity contribution in [2.24, 2.45) is 0 Å². The Hall–Kier alpha value is -2.56. The zero-order valence-corrected chi connectivity index (χ0v) is 12.2. The number of carbonyl (C=O) groups excluding carboxylic acids is 1. The standard InChI is InChI=1S/C16H19N3O2/c1-3-11-5-4-8-18-15(11)10-19-12-6-7-14(17)13(9-12)16(20)21-2/h4-9,19H,3,10,17H2,1-2H3. The molecule has 0 bridgehead atoms. The molecule has 0 aliphatic carbocycles. The van der Waals surface area contributed by atoms with Crippen LogP contribution in [-0.4, -0.2) is 18.1 Å². The molecule has 21 heavy (non-hydrogen) atoms. The van der Waals surface area contributed by atoms with Crippen molar-refractivity contribution in [3.05, 3.63) is 53.3 Å². The highest BCUT2D eigenvalue weighted by molar-refractivity contribution is 5.96. The number of rotatable bonds is 5. The van der Waals surface area contributed by atoms with Gasteiger partial charge < -0.3 is 15.8 Å². The molecular weight excluding hydrogens is 266 g/mol. The van der Waals surface area contributed by atoms with Gasteiger partial charge >= 0.3 is 5.97 Å². The number of ether oxygens (including phenoxy) is 1. The van der Waals surface area contributed by atoms with E-state index in [1.165, 1.54) is 12.7 Å². The van der Waals surface area contributed by atoms with Gasteiger partial charge in [-0.1, -0.05) is 13.0 Å². The number of aromatic nitrogens is 1. The van der Waals surface area contributed by atoms with Crippen molar-refractivity contribution < 1.29 is 9.53 Å². The number of nitrogens with zero attached hydrogens (tertiary/aromatic N) is 1. The fourth-order valence-electron chi connectivity index (χ4n) is 2.09. The maximum atomic E-state index is 11.6. The summed E-state index contributed by atoms with van der Waals surface area (Å²) < 4.78 is 4.71. The number of esters is 1. The number of nitrogens with two attached hydrogens (primary N) is 1. The Morgan fingerprint density at radius 1 is 1.38 bits per heavy atom. The van der Waals surface area contributed by atoms with Crippen LogP contribution in [-0.2, 0) is 17.7 Å². The topological polar surface area (TPSA) is 77.2 Å². The minimum Gasteiger partial charge on any atom is -0.465 e. The fraction of sp³-hybridized carbons (Fsp3) is 0.250. The Morgan fingerprint density at radius 3 is 2.90 bits per heavy atom. The zero-order valence-electron chi connectivity index (χ0n) is 12.2. The molecule has 110 valence electrons. The third kappa shape index (κ3) is 3.51. The van der Waals surface area contributed by atoms with E-state index in [9.17, 15) is 4.79 Å². The third-order valence-electron chi connectivity index (χ3n) is 3.28. The normalized spacial score (nSPS) is 10.2. The van der Waals surface area contributed by atoms with Crippen molar-refractivity contribution >= 4 is 17.3 Å². The van der Waals surface area contributed by atoms with Crippen LogP contribution in [0.15, 0.2) is 36.5 Å². The van der Waals surface area contributed by atoms with Gasteiger partial charge in [0.05, 0.1) is 24.9 Å². The lowest BCUT2D eigenvalue weighted by atomic mass is 10.1. The number of carbonyl (C=O) groups is 1. The van der Waals surface area contributed by atoms with Crippen molar-refractivity contribution in [2.75, 3.05) is 18.2 Å². The molecule has 0 spiro atoms. The number of pyridine rings is 1. The molecule has 0 unspecified atom stereocenters. The van der Waals surface area contributed by atoms with Crippen LogP contribution in [0, 0.1) is 0 Å². The molecule has 5 nitrogen and oxygen atoms in total. The van der Waals surface area contributed by atoms with E-state index in [-0.39, 0.29) is 0 Å². The molecule has 0 aliphatic heterocycles. The number of methoxy groups -OCH3 is 1. The van der Waals surface area contributed by atoms with Crippen LogP contribution in [0.1, 0.15) is 28.5 Å². The van der Waals surface area contributed by atoms with E-state index >= 15 is 0 Å². The molecule has 0 saturated carbocycles. The van der Waals surface area contributed by atoms with Gasteiger partial charge in [0.1, 0.15) is 0 Å². The van der Waals surface area contributed by atoms with E-state index in [4.69, 9.17) is 10.5 Å². The predicted octanol–water partition coefficient (Wildman–Crippen LogP) is 2.62. The van der Waals surface area contributed by atoms with Gasteiger partial charge in [-0.2, -0.15) is 0 Å². The molecule has 2 aromatic rings. The molecule has 5 heteroatoms. The second-order valence-corrected chi connectivity index (χ2v) is 4.61. The van der Waals surface area contributed by atoms with Gasteiger partial charge in [-0.15, -0.1) is 0 Å². The number of nitrogen functional groups attached to an aromatic ring is 1. The number of hydrogen-bond acceptors (Lipinski definition) is 5. The third-order valence-corrected chi connectivity index (χ3v) is 3.28. The van der Waals surface area contributed by atoms with Crippen LogP contribution in [0.5, 0.6) is 0 Å². The van der Waals surface area contributed by atoms with Crippen molar-refractivity contribution in [3.8, 4) is 0 Å². The lowest BCUT2D eigenvalue weighted by Crippen LogP contribution is -2.08. The Labute approximate surface area is 124 Å². The number of hydrogen-bond donors (Lipinski definition) is 2. The van der Waals surface area contributed by atoms with Gasteiger partial charge in [0.15, 0.2) is 0 Å². The predicted molar refractivity (Wildman–Crippen MR) is 83.1 cm³/mol. The second-order valence-electron chi connectivity index (χ2n) is 4.61. The van der Waals surface area contributed by atoms with E-state index in [1.54, 1.807) is 18.3 Å². The molecule has 0 amide bonds. The van der Waals surface area contributed by atoms with E-state index in [2.05, 4.69) is 23.3 Å². The lowest BCUT2D eigenvalue weighted by molar-refractivity contribution is 0.0602. The van der Waals surface area contributed by atoms with Gasteiger partial charge in [-0.05, 0) is 36.2 Å². The summed E-state index contributed by atoms with van der Waals surface area (Å²) in [6.07, 6.45) is 2.71. The van der Waals surface area contributed by atoms with Crippen LogP contribution in [0.25, 0.3) is 0 Å². The summed E-state index contributed by atoms with van der Waals surface area (Å²) in [6, 6.07) is 9.20. The lowest BCUT2D eigenvalue weighted by Gasteiger charge is -2.11. The number of benzene rings is 1. The maximum Gasteiger partial charge on any atom is 0.340 e. The van der Waals surface area contributed by atoms with Crippen LogP contribution in [0.4, 0.5) is 11.4 Å². The van der Waals surface area contributed by atoms with Crippen molar-refractivity contribution in [2.45, 2.75) is 19.9 Å². The SMILES string of the molecule is CCc1cccnc1CNc1ccc(N)c(C(=O)OC)c1. The summed E-state index contributed by atoms with van der Waals surface area (Å²) in [5.74, 6) is -0.441. The van der Waals surface area contributed by atoms with Gasteiger partial charge in [0.2, 0.25) is 0 Å². The van der Waals surface area contributed by atoms with E-state index < -0.39 is 5.97 Å². The van der Waals surface area contributed by atoms with Crippen LogP contribution < -0.4 is 11.1 Å². The van der Waals surface area contributed by atoms with Gasteiger partial charge in [-0.25, -0.2) is 4.79 Å². The monoisotopic (exact) mass is 285 g/mol. The van der Waals surface area contributed by atoms with E-state index in [0.717, 1.165) is 17.8 Å². The first-order valence-corrected chi connectivity index (χ1v) is 6.80. The summed E-state index contributed by atoms with van der Waals surface area (Å²) >= 11 is 0. The number of nitrogens with one attached hydrogen (secondary N) is 1. The fourth-order valence-corrected chi connectivity index (χ4v) is 2.09. The highest BCUT2D eigenvalue weighted by Gasteiger charge is 2.11.